The van der Waals surface area contributed by atoms with Gasteiger partial charge >= 0.3 is 0 Å². The molecule has 1 aliphatic heterocycles. The number of nitrogens with zero attached hydrogens (tertiary/aromatic N) is 8. The van der Waals surface area contributed by atoms with Crippen molar-refractivity contribution in [3.8, 4) is 17.2 Å². The van der Waals surface area contributed by atoms with Crippen molar-refractivity contribution in [2.45, 2.75) is 19.5 Å². The summed E-state index contributed by atoms with van der Waals surface area (Å²) in [4.78, 5) is 11.8. The topological polar surface area (TPSA) is 105 Å². The molecule has 0 aliphatic carbocycles. The Kier molecular flexibility index (Phi) is 5.94. The van der Waals surface area contributed by atoms with Crippen molar-refractivity contribution in [1.29, 1.82) is 0 Å². The minimum absolute atomic E-state index is 0. The van der Waals surface area contributed by atoms with Gasteiger partial charge in [-0.2, -0.15) is 10.2 Å². The van der Waals surface area contributed by atoms with Crippen LogP contribution in [0.5, 0.6) is 0 Å². The van der Waals surface area contributed by atoms with Gasteiger partial charge in [-0.05, 0) is 19.1 Å². The predicted molar refractivity (Wildman–Crippen MR) is 121 cm³/mol. The van der Waals surface area contributed by atoms with Crippen LogP contribution >= 0.6 is 12.4 Å². The SMILES string of the molecule is CC(N)Cn1cnc2c(N3CCOCC3)cc(-n3ccc(-c4ccn(C)n4)n3)nc21.Cl. The molecule has 0 spiro atoms. The van der Waals surface area contributed by atoms with Crippen molar-refractivity contribution in [2.24, 2.45) is 12.8 Å². The van der Waals surface area contributed by atoms with Gasteiger partial charge in [0.05, 0.1) is 25.2 Å². The van der Waals surface area contributed by atoms with Crippen molar-refractivity contribution >= 4 is 29.3 Å². The molecule has 5 heterocycles. The van der Waals surface area contributed by atoms with Crippen molar-refractivity contribution in [2.75, 3.05) is 31.2 Å². The molecule has 2 N–H and O–H groups in total. The fourth-order valence-electron chi connectivity index (χ4n) is 3.75. The van der Waals surface area contributed by atoms with E-state index in [-0.39, 0.29) is 18.4 Å². The maximum Gasteiger partial charge on any atom is 0.164 e. The van der Waals surface area contributed by atoms with Gasteiger partial charge in [-0.25, -0.2) is 14.6 Å². The molecule has 31 heavy (non-hydrogen) atoms. The quantitative estimate of drug-likeness (QED) is 0.499. The van der Waals surface area contributed by atoms with Crippen LogP contribution < -0.4 is 10.6 Å². The summed E-state index contributed by atoms with van der Waals surface area (Å²) in [7, 11) is 1.89. The Hall–Kier alpha value is -2.95. The number of rotatable bonds is 5. The van der Waals surface area contributed by atoms with Crippen LogP contribution in [0.15, 0.2) is 36.9 Å². The monoisotopic (exact) mass is 443 g/mol. The smallest absolute Gasteiger partial charge is 0.164 e. The number of pyridine rings is 1. The first-order valence-electron chi connectivity index (χ1n) is 10.1. The predicted octanol–water partition coefficient (Wildman–Crippen LogP) is 1.62. The standard InChI is InChI=1S/C20H25N9O.ClH/c1-14(21)12-28-13-22-19-17(27-7-9-30-10-8-27)11-18(23-20(19)28)29-6-4-16(25-29)15-3-5-26(2)24-15;/h3-6,11,13-14H,7-10,12,21H2,1-2H3;1H. The molecule has 10 nitrogen and oxygen atoms in total. The van der Waals surface area contributed by atoms with Crippen LogP contribution in [0, 0.1) is 0 Å². The molecule has 1 unspecified atom stereocenters. The van der Waals surface area contributed by atoms with Crippen LogP contribution in [0.3, 0.4) is 0 Å². The highest BCUT2D eigenvalue weighted by molar-refractivity contribution is 5.87. The molecule has 0 amide bonds. The van der Waals surface area contributed by atoms with Gasteiger partial charge in [0.15, 0.2) is 11.5 Å². The second-order valence-corrected chi connectivity index (χ2v) is 7.67. The number of morpholine rings is 1. The molecular weight excluding hydrogens is 418 g/mol. The van der Waals surface area contributed by atoms with Crippen LogP contribution in [0.2, 0.25) is 0 Å². The van der Waals surface area contributed by atoms with Gasteiger partial charge in [0.1, 0.15) is 16.9 Å². The number of hydrogen-bond donors (Lipinski definition) is 1. The lowest BCUT2D eigenvalue weighted by molar-refractivity contribution is 0.123. The first-order chi connectivity index (χ1) is 14.6. The fourth-order valence-corrected chi connectivity index (χ4v) is 3.75. The average Bonchev–Trinajstić information content (AvgIpc) is 3.48. The van der Waals surface area contributed by atoms with Crippen LogP contribution in [-0.4, -0.2) is 66.4 Å². The Morgan fingerprint density at radius 3 is 2.58 bits per heavy atom. The van der Waals surface area contributed by atoms with Crippen LogP contribution in [0.1, 0.15) is 6.92 Å². The van der Waals surface area contributed by atoms with Gasteiger partial charge in [-0.1, -0.05) is 0 Å². The normalized spacial score (nSPS) is 15.3. The van der Waals surface area contributed by atoms with Crippen LogP contribution in [-0.2, 0) is 18.3 Å². The number of halogens is 1. The van der Waals surface area contributed by atoms with E-state index >= 15 is 0 Å². The lowest BCUT2D eigenvalue weighted by atomic mass is 10.2. The summed E-state index contributed by atoms with van der Waals surface area (Å²) in [5, 5.41) is 9.15. The average molecular weight is 444 g/mol. The van der Waals surface area contributed by atoms with Gasteiger partial charge in [0.2, 0.25) is 0 Å². The van der Waals surface area contributed by atoms with Gasteiger partial charge in [0.25, 0.3) is 0 Å². The minimum atomic E-state index is 0. The zero-order chi connectivity index (χ0) is 20.7. The Morgan fingerprint density at radius 2 is 1.87 bits per heavy atom. The second-order valence-electron chi connectivity index (χ2n) is 7.67. The van der Waals surface area contributed by atoms with E-state index in [1.54, 1.807) is 9.36 Å². The molecule has 164 valence electrons. The van der Waals surface area contributed by atoms with E-state index in [1.807, 2.05) is 55.5 Å². The largest absolute Gasteiger partial charge is 0.378 e. The second kappa shape index (κ2) is 8.66. The number of imidazole rings is 1. The Morgan fingerprint density at radius 1 is 1.13 bits per heavy atom. The molecule has 1 saturated heterocycles. The van der Waals surface area contributed by atoms with Crippen molar-refractivity contribution in [3.63, 3.8) is 0 Å². The van der Waals surface area contributed by atoms with E-state index in [1.165, 1.54) is 0 Å². The molecule has 1 aliphatic rings. The molecule has 4 aromatic heterocycles. The van der Waals surface area contributed by atoms with E-state index < -0.39 is 0 Å². The third kappa shape index (κ3) is 4.14. The Labute approximate surface area is 186 Å². The van der Waals surface area contributed by atoms with Gasteiger partial charge < -0.3 is 19.9 Å². The highest BCUT2D eigenvalue weighted by Crippen LogP contribution is 2.28. The van der Waals surface area contributed by atoms with E-state index in [4.69, 9.17) is 20.6 Å². The van der Waals surface area contributed by atoms with Crippen molar-refractivity contribution in [3.05, 3.63) is 36.9 Å². The van der Waals surface area contributed by atoms with Crippen LogP contribution in [0.25, 0.3) is 28.4 Å². The number of hydrogen-bond acceptors (Lipinski definition) is 7. The molecule has 0 bridgehead atoms. The summed E-state index contributed by atoms with van der Waals surface area (Å²) in [6.45, 7) is 5.66. The molecule has 0 aromatic carbocycles. The molecule has 5 rings (SSSR count). The fraction of sp³-hybridized carbons (Fsp3) is 0.400. The maximum absolute atomic E-state index is 6.04. The molecule has 0 radical (unpaired) electrons. The zero-order valence-corrected chi connectivity index (χ0v) is 18.4. The van der Waals surface area contributed by atoms with Gasteiger partial charge in [0, 0.05) is 51.2 Å². The highest BCUT2D eigenvalue weighted by atomic mass is 35.5. The number of aryl methyl sites for hydroxylation is 1. The summed E-state index contributed by atoms with van der Waals surface area (Å²) in [5.41, 5.74) is 10.4. The molecule has 0 saturated carbocycles. The van der Waals surface area contributed by atoms with E-state index in [9.17, 15) is 0 Å². The number of fused-ring (bicyclic) bond motifs is 1. The van der Waals surface area contributed by atoms with Gasteiger partial charge in [-0.15, -0.1) is 12.4 Å². The number of anilines is 1. The van der Waals surface area contributed by atoms with Crippen molar-refractivity contribution < 1.29 is 4.74 Å². The highest BCUT2D eigenvalue weighted by Gasteiger charge is 2.20. The summed E-state index contributed by atoms with van der Waals surface area (Å²) in [6, 6.07) is 5.94. The first kappa shape index (κ1) is 21.3. The van der Waals surface area contributed by atoms with Crippen LogP contribution in [0.4, 0.5) is 5.69 Å². The third-order valence-electron chi connectivity index (χ3n) is 5.18. The lowest BCUT2D eigenvalue weighted by Crippen LogP contribution is -2.36. The van der Waals surface area contributed by atoms with Crippen molar-refractivity contribution in [1.82, 2.24) is 34.1 Å². The lowest BCUT2D eigenvalue weighted by Gasteiger charge is -2.29. The van der Waals surface area contributed by atoms with E-state index in [0.717, 1.165) is 47.1 Å². The molecule has 1 fully saturated rings. The maximum atomic E-state index is 6.04. The summed E-state index contributed by atoms with van der Waals surface area (Å²) in [5.74, 6) is 0.734. The summed E-state index contributed by atoms with van der Waals surface area (Å²) >= 11 is 0. The van der Waals surface area contributed by atoms with Gasteiger partial charge in [-0.3, -0.25) is 4.68 Å². The van der Waals surface area contributed by atoms with E-state index in [0.29, 0.717) is 19.8 Å². The first-order valence-corrected chi connectivity index (χ1v) is 10.1. The molecule has 1 atom stereocenters. The Bertz CT molecular complexity index is 1170. The van der Waals surface area contributed by atoms with E-state index in [2.05, 4.69) is 15.0 Å². The Balaban J connectivity index is 0.00000231. The number of nitrogens with two attached hydrogens (primary N) is 1. The minimum Gasteiger partial charge on any atom is -0.378 e. The summed E-state index contributed by atoms with van der Waals surface area (Å²) in [6.07, 6.45) is 5.63. The summed E-state index contributed by atoms with van der Waals surface area (Å²) < 4.78 is 11.1. The molecule has 11 heteroatoms. The third-order valence-corrected chi connectivity index (χ3v) is 5.18. The molecule has 4 aromatic rings. The molecular formula is C20H26ClN9O. The number of aromatic nitrogens is 7. The zero-order valence-electron chi connectivity index (χ0n) is 17.5. The number of ether oxygens (including phenoxy) is 1.